The molecular weight excluding hydrogens is 366 g/mol. The number of aliphatic carboxylic acids is 1. The first-order valence-electron chi connectivity index (χ1n) is 5.79. The van der Waals surface area contributed by atoms with Gasteiger partial charge in [0.2, 0.25) is 0 Å². The fourth-order valence-electron chi connectivity index (χ4n) is 1.62. The normalized spacial score (nSPS) is 11.4. The lowest BCUT2D eigenvalue weighted by molar-refractivity contribution is -0.137. The zero-order valence-electron chi connectivity index (χ0n) is 10.4. The second-order valence-electron chi connectivity index (χ2n) is 4.40. The third-order valence-corrected chi connectivity index (χ3v) is 4.33. The Kier molecular flexibility index (Phi) is 6.38. The third kappa shape index (κ3) is 5.12. The van der Waals surface area contributed by atoms with E-state index in [0.717, 1.165) is 16.8 Å². The Morgan fingerprint density at radius 2 is 2.17 bits per heavy atom. The molecule has 0 spiro atoms. The highest BCUT2D eigenvalue weighted by molar-refractivity contribution is 9.13. The Bertz CT molecular complexity index is 385. The number of rotatable bonds is 7. The van der Waals surface area contributed by atoms with E-state index in [0.29, 0.717) is 23.7 Å². The molecule has 0 amide bonds. The molecule has 0 radical (unpaired) electrons. The van der Waals surface area contributed by atoms with Crippen molar-refractivity contribution in [3.8, 4) is 0 Å². The summed E-state index contributed by atoms with van der Waals surface area (Å²) in [6.45, 7) is 5.61. The molecule has 1 heterocycles. The number of carboxylic acid groups (broad SMARTS) is 1. The number of nitrogens with zero attached hydrogens (tertiary/aromatic N) is 1. The van der Waals surface area contributed by atoms with E-state index in [1.807, 2.05) is 6.07 Å². The van der Waals surface area contributed by atoms with Crippen LogP contribution < -0.4 is 0 Å². The fraction of sp³-hybridized carbons (Fsp3) is 0.583. The minimum absolute atomic E-state index is 0.203. The summed E-state index contributed by atoms with van der Waals surface area (Å²) in [4.78, 5) is 12.7. The summed E-state index contributed by atoms with van der Waals surface area (Å²) in [6, 6.07) is 2.28. The van der Waals surface area contributed by atoms with Crippen LogP contribution in [0.4, 0.5) is 0 Å². The van der Waals surface area contributed by atoms with Crippen LogP contribution in [0.2, 0.25) is 0 Å². The largest absolute Gasteiger partial charge is 0.481 e. The Morgan fingerprint density at radius 1 is 1.50 bits per heavy atom. The smallest absolute Gasteiger partial charge is 0.303 e. The molecule has 0 aliphatic heterocycles. The van der Waals surface area contributed by atoms with E-state index in [4.69, 9.17) is 9.52 Å². The van der Waals surface area contributed by atoms with Gasteiger partial charge < -0.3 is 9.52 Å². The van der Waals surface area contributed by atoms with Gasteiger partial charge in [-0.2, -0.15) is 0 Å². The van der Waals surface area contributed by atoms with Crippen LogP contribution in [0.1, 0.15) is 32.4 Å². The quantitative estimate of drug-likeness (QED) is 0.777. The topological polar surface area (TPSA) is 53.7 Å². The highest BCUT2D eigenvalue weighted by Crippen LogP contribution is 2.27. The van der Waals surface area contributed by atoms with Gasteiger partial charge in [-0.3, -0.25) is 9.69 Å². The van der Waals surface area contributed by atoms with Gasteiger partial charge in [0.15, 0.2) is 4.67 Å². The summed E-state index contributed by atoms with van der Waals surface area (Å²) in [5, 5.41) is 8.64. The van der Waals surface area contributed by atoms with Crippen LogP contribution in [-0.4, -0.2) is 28.6 Å². The van der Waals surface area contributed by atoms with Crippen LogP contribution in [0, 0.1) is 0 Å². The second-order valence-corrected chi connectivity index (χ2v) is 5.97. The summed E-state index contributed by atoms with van der Waals surface area (Å²) >= 11 is 6.68. The summed E-state index contributed by atoms with van der Waals surface area (Å²) < 4.78 is 7.12. The van der Waals surface area contributed by atoms with Crippen molar-refractivity contribution >= 4 is 37.8 Å². The first kappa shape index (κ1) is 15.7. The average molecular weight is 383 g/mol. The molecule has 4 nitrogen and oxygen atoms in total. The Morgan fingerprint density at radius 3 is 2.61 bits per heavy atom. The van der Waals surface area contributed by atoms with Crippen molar-refractivity contribution in [1.82, 2.24) is 4.90 Å². The predicted molar refractivity (Wildman–Crippen MR) is 76.5 cm³/mol. The molecule has 102 valence electrons. The van der Waals surface area contributed by atoms with E-state index < -0.39 is 5.97 Å². The van der Waals surface area contributed by atoms with Crippen molar-refractivity contribution in [1.29, 1.82) is 0 Å². The average Bonchev–Trinajstić information content (AvgIpc) is 2.56. The Labute approximate surface area is 124 Å². The molecule has 0 bridgehead atoms. The molecule has 0 aliphatic carbocycles. The van der Waals surface area contributed by atoms with E-state index >= 15 is 0 Å². The van der Waals surface area contributed by atoms with Crippen LogP contribution in [0.25, 0.3) is 0 Å². The van der Waals surface area contributed by atoms with Gasteiger partial charge in [0.25, 0.3) is 0 Å². The van der Waals surface area contributed by atoms with Gasteiger partial charge in [-0.25, -0.2) is 0 Å². The lowest BCUT2D eigenvalue weighted by Gasteiger charge is -2.25. The molecule has 1 aromatic heterocycles. The zero-order valence-corrected chi connectivity index (χ0v) is 13.6. The second kappa shape index (κ2) is 7.31. The first-order chi connectivity index (χ1) is 8.40. The maximum Gasteiger partial charge on any atom is 0.303 e. The highest BCUT2D eigenvalue weighted by Gasteiger charge is 2.14. The number of carbonyl (C=O) groups is 1. The monoisotopic (exact) mass is 381 g/mol. The van der Waals surface area contributed by atoms with Crippen LogP contribution in [0.15, 0.2) is 19.6 Å². The number of furan rings is 1. The Balaban J connectivity index is 2.54. The van der Waals surface area contributed by atoms with Gasteiger partial charge in [0.05, 0.1) is 11.0 Å². The number of hydrogen-bond acceptors (Lipinski definition) is 3. The maximum atomic E-state index is 10.5. The fourth-order valence-corrected chi connectivity index (χ4v) is 2.28. The van der Waals surface area contributed by atoms with E-state index in [1.165, 1.54) is 0 Å². The van der Waals surface area contributed by atoms with Crippen molar-refractivity contribution < 1.29 is 14.3 Å². The van der Waals surface area contributed by atoms with Crippen LogP contribution in [-0.2, 0) is 11.3 Å². The molecular formula is C12H17Br2NO3. The van der Waals surface area contributed by atoms with Gasteiger partial charge in [-0.05, 0) is 64.7 Å². The molecule has 6 heteroatoms. The van der Waals surface area contributed by atoms with E-state index in [1.54, 1.807) is 0 Å². The van der Waals surface area contributed by atoms with Gasteiger partial charge in [0.1, 0.15) is 5.76 Å². The van der Waals surface area contributed by atoms with Crippen molar-refractivity contribution in [3.05, 3.63) is 21.0 Å². The third-order valence-electron chi connectivity index (χ3n) is 2.62. The summed E-state index contributed by atoms with van der Waals surface area (Å²) in [5.41, 5.74) is 0. The SMILES string of the molecule is CC(C)N(CCCC(=O)O)Cc1cc(Br)c(Br)o1. The van der Waals surface area contributed by atoms with Crippen molar-refractivity contribution in [2.24, 2.45) is 0 Å². The number of hydrogen-bond donors (Lipinski definition) is 1. The van der Waals surface area contributed by atoms with Crippen LogP contribution >= 0.6 is 31.9 Å². The van der Waals surface area contributed by atoms with Gasteiger partial charge in [0, 0.05) is 12.5 Å². The highest BCUT2D eigenvalue weighted by atomic mass is 79.9. The zero-order chi connectivity index (χ0) is 13.7. The van der Waals surface area contributed by atoms with Crippen molar-refractivity contribution in [2.45, 2.75) is 39.3 Å². The molecule has 0 saturated heterocycles. The minimum Gasteiger partial charge on any atom is -0.481 e. The van der Waals surface area contributed by atoms with Crippen LogP contribution in [0.3, 0.4) is 0 Å². The van der Waals surface area contributed by atoms with Crippen molar-refractivity contribution in [2.75, 3.05) is 6.54 Å². The number of carboxylic acids is 1. The molecule has 1 aromatic rings. The summed E-state index contributed by atoms with van der Waals surface area (Å²) in [7, 11) is 0. The van der Waals surface area contributed by atoms with Crippen LogP contribution in [0.5, 0.6) is 0 Å². The lowest BCUT2D eigenvalue weighted by atomic mass is 10.2. The van der Waals surface area contributed by atoms with Gasteiger partial charge in [-0.15, -0.1) is 0 Å². The van der Waals surface area contributed by atoms with Gasteiger partial charge >= 0.3 is 5.97 Å². The van der Waals surface area contributed by atoms with E-state index in [2.05, 4.69) is 50.6 Å². The molecule has 0 aliphatic rings. The first-order valence-corrected chi connectivity index (χ1v) is 7.38. The summed E-state index contributed by atoms with van der Waals surface area (Å²) in [6.07, 6.45) is 0.853. The maximum absolute atomic E-state index is 10.5. The minimum atomic E-state index is -0.748. The van der Waals surface area contributed by atoms with Gasteiger partial charge in [-0.1, -0.05) is 0 Å². The molecule has 0 unspecified atom stereocenters. The molecule has 18 heavy (non-hydrogen) atoms. The number of halogens is 2. The predicted octanol–water partition coefficient (Wildman–Crippen LogP) is 3.88. The molecule has 0 atom stereocenters. The molecule has 1 N–H and O–H groups in total. The molecule has 0 aromatic carbocycles. The molecule has 1 rings (SSSR count). The standard InChI is InChI=1S/C12H17Br2NO3/c1-8(2)15(5-3-4-11(16)17)7-9-6-10(13)12(14)18-9/h6,8H,3-5,7H2,1-2H3,(H,16,17). The van der Waals surface area contributed by atoms with Crippen molar-refractivity contribution in [3.63, 3.8) is 0 Å². The van der Waals surface area contributed by atoms with E-state index in [9.17, 15) is 4.79 Å². The molecule has 0 saturated carbocycles. The van der Waals surface area contributed by atoms with E-state index in [-0.39, 0.29) is 6.42 Å². The lowest BCUT2D eigenvalue weighted by Crippen LogP contribution is -2.31. The molecule has 0 fully saturated rings. The summed E-state index contributed by atoms with van der Waals surface area (Å²) in [5.74, 6) is 0.111. The Hall–Kier alpha value is -0.330.